The van der Waals surface area contributed by atoms with Gasteiger partial charge in [0.1, 0.15) is 5.75 Å². The summed E-state index contributed by atoms with van der Waals surface area (Å²) in [6.45, 7) is 2.50. The summed E-state index contributed by atoms with van der Waals surface area (Å²) < 4.78 is 5.68. The number of ether oxygens (including phenoxy) is 1. The van der Waals surface area contributed by atoms with Gasteiger partial charge in [-0.2, -0.15) is 0 Å². The molecule has 2 nitrogen and oxygen atoms in total. The van der Waals surface area contributed by atoms with Crippen LogP contribution in [-0.4, -0.2) is 17.8 Å². The van der Waals surface area contributed by atoms with Gasteiger partial charge in [0.05, 0.1) is 12.7 Å². The average molecular weight is 262 g/mol. The summed E-state index contributed by atoms with van der Waals surface area (Å²) in [6, 6.07) is 12.1. The minimum absolute atomic E-state index is 0.296. The summed E-state index contributed by atoms with van der Waals surface area (Å²) in [4.78, 5) is 1.35. The van der Waals surface area contributed by atoms with E-state index < -0.39 is 0 Å². The van der Waals surface area contributed by atoms with Crippen molar-refractivity contribution in [2.24, 2.45) is 0 Å². The zero-order valence-corrected chi connectivity index (χ0v) is 11.3. The number of benzene rings is 1. The first kappa shape index (κ1) is 13.1. The van der Waals surface area contributed by atoms with E-state index in [0.717, 1.165) is 17.7 Å². The van der Waals surface area contributed by atoms with Crippen molar-refractivity contribution in [1.29, 1.82) is 0 Å². The van der Waals surface area contributed by atoms with Crippen molar-refractivity contribution in [3.8, 4) is 5.75 Å². The third kappa shape index (κ3) is 4.17. The Balaban J connectivity index is 1.79. The molecule has 18 heavy (non-hydrogen) atoms. The van der Waals surface area contributed by atoms with Crippen molar-refractivity contribution in [1.82, 2.24) is 0 Å². The van der Waals surface area contributed by atoms with E-state index in [1.165, 1.54) is 4.88 Å². The second kappa shape index (κ2) is 6.57. The van der Waals surface area contributed by atoms with Crippen molar-refractivity contribution in [3.63, 3.8) is 0 Å². The molecule has 0 aliphatic carbocycles. The molecule has 0 fully saturated rings. The van der Waals surface area contributed by atoms with Crippen LogP contribution in [0.1, 0.15) is 17.4 Å². The van der Waals surface area contributed by atoms with E-state index in [9.17, 15) is 5.11 Å². The third-order valence-corrected chi connectivity index (χ3v) is 3.59. The molecular formula is C15H18O2S. The fourth-order valence-electron chi connectivity index (χ4n) is 1.79. The van der Waals surface area contributed by atoms with Crippen molar-refractivity contribution in [2.75, 3.05) is 6.61 Å². The number of hydrogen-bond donors (Lipinski definition) is 1. The highest BCUT2D eigenvalue weighted by molar-refractivity contribution is 7.09. The summed E-state index contributed by atoms with van der Waals surface area (Å²) in [7, 11) is 0. The van der Waals surface area contributed by atoms with Crippen molar-refractivity contribution in [3.05, 3.63) is 52.2 Å². The fourth-order valence-corrected chi connectivity index (χ4v) is 2.48. The molecule has 0 bridgehead atoms. The maximum absolute atomic E-state index is 9.29. The Hall–Kier alpha value is -1.32. The van der Waals surface area contributed by atoms with Crippen LogP contribution in [0, 0.1) is 0 Å². The van der Waals surface area contributed by atoms with Crippen LogP contribution in [0.5, 0.6) is 5.75 Å². The first-order chi connectivity index (χ1) is 8.74. The smallest absolute Gasteiger partial charge is 0.119 e. The summed E-state index contributed by atoms with van der Waals surface area (Å²) in [6.07, 6.45) is 1.35. The van der Waals surface area contributed by atoms with Crippen LogP contribution in [-0.2, 0) is 12.8 Å². The highest BCUT2D eigenvalue weighted by atomic mass is 32.1. The van der Waals surface area contributed by atoms with Gasteiger partial charge < -0.3 is 9.84 Å². The van der Waals surface area contributed by atoms with E-state index in [4.69, 9.17) is 4.74 Å². The summed E-state index contributed by atoms with van der Waals surface area (Å²) >= 11 is 1.76. The Morgan fingerprint density at radius 3 is 2.61 bits per heavy atom. The van der Waals surface area contributed by atoms with Crippen molar-refractivity contribution < 1.29 is 9.84 Å². The molecule has 1 heterocycles. The maximum atomic E-state index is 9.29. The number of rotatable bonds is 6. The number of hydrogen-bond acceptors (Lipinski definition) is 3. The van der Waals surface area contributed by atoms with Crippen LogP contribution >= 0.6 is 11.3 Å². The molecule has 0 radical (unpaired) electrons. The lowest BCUT2D eigenvalue weighted by Gasteiger charge is -2.07. The molecule has 2 rings (SSSR count). The molecule has 2 aromatic rings. The molecule has 3 heteroatoms. The van der Waals surface area contributed by atoms with Crippen LogP contribution in [0.4, 0.5) is 0 Å². The molecule has 0 saturated heterocycles. The molecule has 1 aromatic heterocycles. The first-order valence-electron chi connectivity index (χ1n) is 6.16. The van der Waals surface area contributed by atoms with Gasteiger partial charge in [-0.25, -0.2) is 0 Å². The largest absolute Gasteiger partial charge is 0.493 e. The maximum Gasteiger partial charge on any atom is 0.119 e. The Bertz CT molecular complexity index is 446. The lowest BCUT2D eigenvalue weighted by Crippen LogP contribution is -2.04. The second-order valence-corrected chi connectivity index (χ2v) is 5.41. The van der Waals surface area contributed by atoms with Crippen LogP contribution in [0.2, 0.25) is 0 Å². The lowest BCUT2D eigenvalue weighted by molar-refractivity contribution is 0.195. The molecule has 1 unspecified atom stereocenters. The Kier molecular flexibility index (Phi) is 4.79. The molecule has 0 saturated carbocycles. The molecule has 1 atom stereocenters. The highest BCUT2D eigenvalue weighted by Gasteiger charge is 2.00. The SMILES string of the molecule is CC(O)Cc1ccc(OCCc2cccs2)cc1. The molecule has 0 amide bonds. The molecule has 96 valence electrons. The molecule has 0 aliphatic rings. The average Bonchev–Trinajstić information content (AvgIpc) is 2.84. The van der Waals surface area contributed by atoms with Gasteiger partial charge in [0.25, 0.3) is 0 Å². The quantitative estimate of drug-likeness (QED) is 0.865. The second-order valence-electron chi connectivity index (χ2n) is 4.37. The van der Waals surface area contributed by atoms with Crippen LogP contribution in [0.3, 0.4) is 0 Å². The number of aliphatic hydroxyl groups is 1. The van der Waals surface area contributed by atoms with Gasteiger partial charge in [0.15, 0.2) is 0 Å². The van der Waals surface area contributed by atoms with Gasteiger partial charge in [-0.3, -0.25) is 0 Å². The third-order valence-electron chi connectivity index (χ3n) is 2.65. The normalized spacial score (nSPS) is 12.3. The minimum atomic E-state index is -0.296. The fraction of sp³-hybridized carbons (Fsp3) is 0.333. The zero-order valence-electron chi connectivity index (χ0n) is 10.5. The topological polar surface area (TPSA) is 29.5 Å². The summed E-state index contributed by atoms with van der Waals surface area (Å²) in [5, 5.41) is 11.4. The predicted octanol–water partition coefficient (Wildman–Crippen LogP) is 3.29. The van der Waals surface area contributed by atoms with E-state index in [1.807, 2.05) is 24.3 Å². The van der Waals surface area contributed by atoms with Gasteiger partial charge >= 0.3 is 0 Å². The Morgan fingerprint density at radius 2 is 2.00 bits per heavy atom. The highest BCUT2D eigenvalue weighted by Crippen LogP contribution is 2.15. The molecule has 0 spiro atoms. The lowest BCUT2D eigenvalue weighted by atomic mass is 10.1. The summed E-state index contributed by atoms with van der Waals surface area (Å²) in [5.41, 5.74) is 1.13. The molecule has 1 N–H and O–H groups in total. The zero-order chi connectivity index (χ0) is 12.8. The van der Waals surface area contributed by atoms with Gasteiger partial charge in [-0.05, 0) is 42.5 Å². The monoisotopic (exact) mass is 262 g/mol. The Morgan fingerprint density at radius 1 is 1.22 bits per heavy atom. The standard InChI is InChI=1S/C15H18O2S/c1-12(16)11-13-4-6-14(7-5-13)17-9-8-15-3-2-10-18-15/h2-7,10,12,16H,8-9,11H2,1H3. The van der Waals surface area contributed by atoms with Gasteiger partial charge in [0.2, 0.25) is 0 Å². The Labute approximate surface area is 112 Å². The van der Waals surface area contributed by atoms with Crippen LogP contribution in [0.15, 0.2) is 41.8 Å². The van der Waals surface area contributed by atoms with Crippen molar-refractivity contribution >= 4 is 11.3 Å². The van der Waals surface area contributed by atoms with E-state index in [2.05, 4.69) is 17.5 Å². The van der Waals surface area contributed by atoms with E-state index in [1.54, 1.807) is 18.3 Å². The van der Waals surface area contributed by atoms with Gasteiger partial charge in [-0.15, -0.1) is 11.3 Å². The predicted molar refractivity (Wildman–Crippen MR) is 75.3 cm³/mol. The number of aliphatic hydroxyl groups excluding tert-OH is 1. The van der Waals surface area contributed by atoms with E-state index in [-0.39, 0.29) is 6.10 Å². The van der Waals surface area contributed by atoms with Crippen molar-refractivity contribution in [2.45, 2.75) is 25.9 Å². The van der Waals surface area contributed by atoms with Gasteiger partial charge in [0, 0.05) is 11.3 Å². The van der Waals surface area contributed by atoms with E-state index in [0.29, 0.717) is 13.0 Å². The minimum Gasteiger partial charge on any atom is -0.493 e. The first-order valence-corrected chi connectivity index (χ1v) is 7.04. The summed E-state index contributed by atoms with van der Waals surface area (Å²) in [5.74, 6) is 0.890. The van der Waals surface area contributed by atoms with E-state index >= 15 is 0 Å². The van der Waals surface area contributed by atoms with Crippen LogP contribution < -0.4 is 4.74 Å². The van der Waals surface area contributed by atoms with Crippen LogP contribution in [0.25, 0.3) is 0 Å². The van der Waals surface area contributed by atoms with Gasteiger partial charge in [-0.1, -0.05) is 18.2 Å². The molecule has 1 aromatic carbocycles. The number of thiophene rings is 1. The molecular weight excluding hydrogens is 244 g/mol. The molecule has 0 aliphatic heterocycles.